The molecule has 0 saturated heterocycles. The van der Waals surface area contributed by atoms with Crippen LogP contribution in [0.4, 0.5) is 5.69 Å². The molecule has 3 N–H and O–H groups in total. The summed E-state index contributed by atoms with van der Waals surface area (Å²) in [6.45, 7) is 0.0196. The summed E-state index contributed by atoms with van der Waals surface area (Å²) in [6, 6.07) is 11.0. The molecule has 0 saturated carbocycles. The van der Waals surface area contributed by atoms with Crippen LogP contribution >= 0.6 is 0 Å². The minimum Gasteiger partial charge on any atom is -0.456 e. The van der Waals surface area contributed by atoms with Crippen LogP contribution in [0.5, 0.6) is 11.5 Å². The van der Waals surface area contributed by atoms with E-state index < -0.39 is 6.10 Å². The first kappa shape index (κ1) is 13.3. The van der Waals surface area contributed by atoms with Gasteiger partial charge in [-0.2, -0.15) is 0 Å². The Morgan fingerprint density at radius 3 is 2.79 bits per heavy atom. The van der Waals surface area contributed by atoms with Crippen molar-refractivity contribution in [1.29, 1.82) is 0 Å². The molecule has 5 nitrogen and oxygen atoms in total. The number of hydrogen-bond acceptors (Lipinski definition) is 5. The lowest BCUT2D eigenvalue weighted by molar-refractivity contribution is 0.105. The van der Waals surface area contributed by atoms with Crippen LogP contribution in [0.3, 0.4) is 0 Å². The fourth-order valence-electron chi connectivity index (χ4n) is 1.51. The monoisotopic (exact) mass is 260 g/mol. The Labute approximate surface area is 111 Å². The second kappa shape index (κ2) is 6.72. The van der Waals surface area contributed by atoms with Crippen LogP contribution < -0.4 is 10.1 Å². The highest BCUT2D eigenvalue weighted by Crippen LogP contribution is 2.23. The van der Waals surface area contributed by atoms with E-state index in [1.807, 2.05) is 30.3 Å². The van der Waals surface area contributed by atoms with Gasteiger partial charge in [-0.15, -0.1) is 0 Å². The first-order chi connectivity index (χ1) is 9.28. The Morgan fingerprint density at radius 2 is 2.05 bits per heavy atom. The zero-order valence-corrected chi connectivity index (χ0v) is 10.4. The van der Waals surface area contributed by atoms with Crippen molar-refractivity contribution in [3.8, 4) is 11.5 Å². The van der Waals surface area contributed by atoms with Crippen LogP contribution in [0.2, 0.25) is 0 Å². The van der Waals surface area contributed by atoms with Gasteiger partial charge in [0.1, 0.15) is 11.5 Å². The summed E-state index contributed by atoms with van der Waals surface area (Å²) in [5, 5.41) is 21.0. The van der Waals surface area contributed by atoms with Gasteiger partial charge in [0.2, 0.25) is 0 Å². The lowest BCUT2D eigenvalue weighted by Crippen LogP contribution is -2.22. The molecule has 0 amide bonds. The lowest BCUT2D eigenvalue weighted by atomic mass is 10.3. The molecule has 0 bridgehead atoms. The molecule has 0 radical (unpaired) electrons. The van der Waals surface area contributed by atoms with Crippen LogP contribution in [0.25, 0.3) is 0 Å². The fraction of sp³-hybridized carbons (Fsp3) is 0.214. The van der Waals surface area contributed by atoms with Crippen molar-refractivity contribution in [2.45, 2.75) is 6.10 Å². The van der Waals surface area contributed by atoms with E-state index in [1.54, 1.807) is 18.5 Å². The van der Waals surface area contributed by atoms with Crippen LogP contribution in [0.1, 0.15) is 0 Å². The third-order valence-corrected chi connectivity index (χ3v) is 2.46. The minimum atomic E-state index is -0.775. The average molecular weight is 260 g/mol. The molecular weight excluding hydrogens is 244 g/mol. The maximum Gasteiger partial charge on any atom is 0.145 e. The van der Waals surface area contributed by atoms with E-state index >= 15 is 0 Å². The number of aliphatic hydroxyl groups excluding tert-OH is 2. The molecule has 2 aromatic rings. The number of rotatable bonds is 6. The molecule has 5 heteroatoms. The molecule has 1 heterocycles. The number of ether oxygens (including phenoxy) is 1. The van der Waals surface area contributed by atoms with Crippen LogP contribution in [-0.2, 0) is 0 Å². The van der Waals surface area contributed by atoms with Gasteiger partial charge in [-0.1, -0.05) is 6.07 Å². The molecule has 1 atom stereocenters. The van der Waals surface area contributed by atoms with E-state index in [0.29, 0.717) is 11.5 Å². The van der Waals surface area contributed by atoms with Gasteiger partial charge in [0.05, 0.1) is 18.9 Å². The topological polar surface area (TPSA) is 74.6 Å². The third-order valence-electron chi connectivity index (χ3n) is 2.46. The van der Waals surface area contributed by atoms with Gasteiger partial charge in [0.25, 0.3) is 0 Å². The molecule has 1 unspecified atom stereocenters. The summed E-state index contributed by atoms with van der Waals surface area (Å²) in [4.78, 5) is 3.97. The maximum absolute atomic E-state index is 9.27. The second-order valence-corrected chi connectivity index (χ2v) is 4.04. The van der Waals surface area contributed by atoms with Crippen LogP contribution in [0.15, 0.2) is 48.8 Å². The summed E-state index contributed by atoms with van der Waals surface area (Å²) >= 11 is 0. The Kier molecular flexibility index (Phi) is 4.72. The molecule has 0 aliphatic carbocycles. The zero-order valence-electron chi connectivity index (χ0n) is 10.4. The fourth-order valence-corrected chi connectivity index (χ4v) is 1.51. The molecule has 1 aromatic heterocycles. The Hall–Kier alpha value is -2.11. The molecule has 0 aliphatic rings. The molecule has 0 aliphatic heterocycles. The van der Waals surface area contributed by atoms with Crippen molar-refractivity contribution in [3.05, 3.63) is 48.8 Å². The summed E-state index contributed by atoms with van der Waals surface area (Å²) < 4.78 is 5.64. The second-order valence-electron chi connectivity index (χ2n) is 4.04. The van der Waals surface area contributed by atoms with E-state index in [4.69, 9.17) is 9.84 Å². The van der Waals surface area contributed by atoms with Gasteiger partial charge >= 0.3 is 0 Å². The number of benzene rings is 1. The van der Waals surface area contributed by atoms with Gasteiger partial charge in [-0.05, 0) is 24.3 Å². The first-order valence-electron chi connectivity index (χ1n) is 5.98. The summed E-state index contributed by atoms with van der Waals surface area (Å²) in [6.07, 6.45) is 2.54. The Morgan fingerprint density at radius 1 is 1.21 bits per heavy atom. The molecule has 100 valence electrons. The van der Waals surface area contributed by atoms with Crippen molar-refractivity contribution >= 4 is 5.69 Å². The normalized spacial score (nSPS) is 11.9. The Bertz CT molecular complexity index is 505. The molecule has 2 rings (SSSR count). The highest BCUT2D eigenvalue weighted by atomic mass is 16.5. The van der Waals surface area contributed by atoms with Crippen LogP contribution in [0, 0.1) is 0 Å². The van der Waals surface area contributed by atoms with Crippen molar-refractivity contribution in [2.24, 2.45) is 0 Å². The molecule has 0 spiro atoms. The highest BCUT2D eigenvalue weighted by molar-refractivity contribution is 5.49. The SMILES string of the molecule is OCC(O)CNc1cccc(Oc2cccnc2)c1. The van der Waals surface area contributed by atoms with E-state index in [-0.39, 0.29) is 13.2 Å². The van der Waals surface area contributed by atoms with Gasteiger partial charge in [-0.3, -0.25) is 4.98 Å². The number of nitrogens with one attached hydrogen (secondary N) is 1. The number of pyridine rings is 1. The summed E-state index contributed by atoms with van der Waals surface area (Å²) in [5.74, 6) is 1.34. The predicted molar refractivity (Wildman–Crippen MR) is 72.3 cm³/mol. The van der Waals surface area contributed by atoms with E-state index in [1.165, 1.54) is 0 Å². The van der Waals surface area contributed by atoms with E-state index in [0.717, 1.165) is 5.69 Å². The van der Waals surface area contributed by atoms with Crippen LogP contribution in [-0.4, -0.2) is 34.5 Å². The van der Waals surface area contributed by atoms with Crippen molar-refractivity contribution in [2.75, 3.05) is 18.5 Å². The zero-order chi connectivity index (χ0) is 13.5. The predicted octanol–water partition coefficient (Wildman–Crippen LogP) is 1.64. The van der Waals surface area contributed by atoms with Crippen molar-refractivity contribution < 1.29 is 14.9 Å². The highest BCUT2D eigenvalue weighted by Gasteiger charge is 2.02. The van der Waals surface area contributed by atoms with Gasteiger partial charge in [-0.25, -0.2) is 0 Å². The smallest absolute Gasteiger partial charge is 0.145 e. The third kappa shape index (κ3) is 4.24. The standard InChI is InChI=1S/C14H16N2O3/c17-10-12(18)8-16-11-3-1-4-13(7-11)19-14-5-2-6-15-9-14/h1-7,9,12,16-18H,8,10H2. The molecular formula is C14H16N2O3. The van der Waals surface area contributed by atoms with Gasteiger partial charge in [0.15, 0.2) is 0 Å². The van der Waals surface area contributed by atoms with Gasteiger partial charge < -0.3 is 20.3 Å². The van der Waals surface area contributed by atoms with E-state index in [9.17, 15) is 5.11 Å². The van der Waals surface area contributed by atoms with E-state index in [2.05, 4.69) is 10.3 Å². The molecule has 1 aromatic carbocycles. The number of aromatic nitrogens is 1. The lowest BCUT2D eigenvalue weighted by Gasteiger charge is -2.11. The molecule has 0 fully saturated rings. The minimum absolute atomic E-state index is 0.265. The largest absolute Gasteiger partial charge is 0.456 e. The first-order valence-corrected chi connectivity index (χ1v) is 5.98. The van der Waals surface area contributed by atoms with Crippen molar-refractivity contribution in [1.82, 2.24) is 4.98 Å². The maximum atomic E-state index is 9.27. The Balaban J connectivity index is 1.99. The summed E-state index contributed by atoms with van der Waals surface area (Å²) in [7, 11) is 0. The number of aliphatic hydroxyl groups is 2. The summed E-state index contributed by atoms with van der Waals surface area (Å²) in [5.41, 5.74) is 0.814. The number of hydrogen-bond donors (Lipinski definition) is 3. The number of nitrogens with zero attached hydrogens (tertiary/aromatic N) is 1. The van der Waals surface area contributed by atoms with Gasteiger partial charge in [0, 0.05) is 24.5 Å². The molecule has 19 heavy (non-hydrogen) atoms. The quantitative estimate of drug-likeness (QED) is 0.736. The average Bonchev–Trinajstić information content (AvgIpc) is 2.46. The number of anilines is 1. The van der Waals surface area contributed by atoms with Crippen molar-refractivity contribution in [3.63, 3.8) is 0 Å².